The van der Waals surface area contributed by atoms with E-state index in [-0.39, 0.29) is 0 Å². The molecule has 2 heteroatoms. The summed E-state index contributed by atoms with van der Waals surface area (Å²) in [7, 11) is 0. The molecule has 0 fully saturated rings. The van der Waals surface area contributed by atoms with Crippen molar-refractivity contribution in [2.24, 2.45) is 4.99 Å². The molecule has 1 atom stereocenters. The van der Waals surface area contributed by atoms with Crippen molar-refractivity contribution in [2.45, 2.75) is 52.0 Å². The van der Waals surface area contributed by atoms with Crippen molar-refractivity contribution in [3.8, 4) is 0 Å². The molecular formula is C10H20N2. The molecule has 12 heavy (non-hydrogen) atoms. The van der Waals surface area contributed by atoms with Crippen LogP contribution in [0.25, 0.3) is 0 Å². The van der Waals surface area contributed by atoms with Gasteiger partial charge in [0, 0.05) is 12.5 Å². The highest BCUT2D eigenvalue weighted by Crippen LogP contribution is 2.06. The fraction of sp³-hybridized carbons (Fsp3) is 0.900. The predicted octanol–water partition coefficient (Wildman–Crippen LogP) is 2.35. The standard InChI is InChI=1S/C10H20N2/c1-3-5-7-10-11-8-9(12-10)6-4-2/h9H,3-8H2,1-2H3,(H,11,12). The Hall–Kier alpha value is -0.530. The van der Waals surface area contributed by atoms with Gasteiger partial charge in [-0.1, -0.05) is 26.7 Å². The summed E-state index contributed by atoms with van der Waals surface area (Å²) in [6, 6.07) is 0.641. The van der Waals surface area contributed by atoms with Crippen molar-refractivity contribution in [1.29, 1.82) is 0 Å². The van der Waals surface area contributed by atoms with Gasteiger partial charge in [0.1, 0.15) is 0 Å². The fourth-order valence-corrected chi connectivity index (χ4v) is 1.55. The average molecular weight is 168 g/mol. The van der Waals surface area contributed by atoms with Gasteiger partial charge in [0.25, 0.3) is 0 Å². The number of unbranched alkanes of at least 4 members (excludes halogenated alkanes) is 1. The number of aliphatic imine (C=N–C) groups is 1. The van der Waals surface area contributed by atoms with Crippen LogP contribution >= 0.6 is 0 Å². The van der Waals surface area contributed by atoms with Gasteiger partial charge in [0.05, 0.1) is 12.4 Å². The summed E-state index contributed by atoms with van der Waals surface area (Å²) in [5.41, 5.74) is 0. The number of hydrogen-bond acceptors (Lipinski definition) is 2. The molecule has 1 aliphatic heterocycles. The van der Waals surface area contributed by atoms with Crippen molar-refractivity contribution in [2.75, 3.05) is 6.54 Å². The number of amidine groups is 1. The molecule has 0 amide bonds. The van der Waals surface area contributed by atoms with E-state index >= 15 is 0 Å². The first-order valence-corrected chi connectivity index (χ1v) is 5.16. The Balaban J connectivity index is 2.14. The van der Waals surface area contributed by atoms with E-state index in [1.54, 1.807) is 0 Å². The lowest BCUT2D eigenvalue weighted by molar-refractivity contribution is 0.588. The van der Waals surface area contributed by atoms with Crippen LogP contribution in [0.2, 0.25) is 0 Å². The Morgan fingerprint density at radius 3 is 2.92 bits per heavy atom. The molecule has 0 saturated heterocycles. The summed E-state index contributed by atoms with van der Waals surface area (Å²) in [5.74, 6) is 1.25. The Bertz CT molecular complexity index is 152. The SMILES string of the molecule is CCCCC1=NCC(CCC)N1. The third-order valence-electron chi connectivity index (χ3n) is 2.28. The zero-order valence-electron chi connectivity index (χ0n) is 8.27. The molecule has 1 unspecified atom stereocenters. The van der Waals surface area contributed by atoms with Gasteiger partial charge < -0.3 is 5.32 Å². The van der Waals surface area contributed by atoms with Gasteiger partial charge in [-0.05, 0) is 12.8 Å². The first-order valence-electron chi connectivity index (χ1n) is 5.16. The summed E-state index contributed by atoms with van der Waals surface area (Å²) >= 11 is 0. The molecule has 1 rings (SSSR count). The van der Waals surface area contributed by atoms with Crippen LogP contribution in [0.1, 0.15) is 46.0 Å². The van der Waals surface area contributed by atoms with E-state index in [2.05, 4.69) is 24.2 Å². The minimum atomic E-state index is 0.641. The van der Waals surface area contributed by atoms with E-state index in [0.29, 0.717) is 6.04 Å². The van der Waals surface area contributed by atoms with E-state index in [0.717, 1.165) is 13.0 Å². The van der Waals surface area contributed by atoms with Crippen molar-refractivity contribution in [3.63, 3.8) is 0 Å². The molecule has 0 aromatic carbocycles. The highest BCUT2D eigenvalue weighted by Gasteiger charge is 2.14. The zero-order valence-corrected chi connectivity index (χ0v) is 8.27. The van der Waals surface area contributed by atoms with Crippen LogP contribution in [0.3, 0.4) is 0 Å². The van der Waals surface area contributed by atoms with Crippen LogP contribution in [0, 0.1) is 0 Å². The van der Waals surface area contributed by atoms with E-state index in [9.17, 15) is 0 Å². The van der Waals surface area contributed by atoms with Crippen LogP contribution in [-0.4, -0.2) is 18.4 Å². The van der Waals surface area contributed by atoms with E-state index in [4.69, 9.17) is 0 Å². The molecule has 0 radical (unpaired) electrons. The lowest BCUT2D eigenvalue weighted by atomic mass is 10.2. The largest absolute Gasteiger partial charge is 0.369 e. The highest BCUT2D eigenvalue weighted by atomic mass is 15.1. The molecule has 70 valence electrons. The normalized spacial score (nSPS) is 22.2. The molecule has 1 aliphatic rings. The van der Waals surface area contributed by atoms with Gasteiger partial charge in [-0.3, -0.25) is 4.99 Å². The number of rotatable bonds is 5. The summed E-state index contributed by atoms with van der Waals surface area (Å²) in [6.07, 6.45) is 6.20. The maximum Gasteiger partial charge on any atom is 0.0966 e. The molecule has 2 nitrogen and oxygen atoms in total. The second-order valence-corrected chi connectivity index (χ2v) is 3.52. The lowest BCUT2D eigenvalue weighted by Crippen LogP contribution is -2.29. The predicted molar refractivity (Wildman–Crippen MR) is 53.7 cm³/mol. The maximum atomic E-state index is 4.48. The molecule has 0 bridgehead atoms. The second-order valence-electron chi connectivity index (χ2n) is 3.52. The van der Waals surface area contributed by atoms with E-state index in [1.165, 1.54) is 31.5 Å². The topological polar surface area (TPSA) is 24.4 Å². The van der Waals surface area contributed by atoms with Crippen LogP contribution in [-0.2, 0) is 0 Å². The van der Waals surface area contributed by atoms with Gasteiger partial charge in [0.15, 0.2) is 0 Å². The van der Waals surface area contributed by atoms with Crippen molar-refractivity contribution >= 4 is 5.84 Å². The van der Waals surface area contributed by atoms with Crippen LogP contribution in [0.15, 0.2) is 4.99 Å². The highest BCUT2D eigenvalue weighted by molar-refractivity contribution is 5.83. The third kappa shape index (κ3) is 2.84. The van der Waals surface area contributed by atoms with E-state index in [1.807, 2.05) is 0 Å². The lowest BCUT2D eigenvalue weighted by Gasteiger charge is -2.09. The number of hydrogen-bond donors (Lipinski definition) is 1. The van der Waals surface area contributed by atoms with Gasteiger partial charge in [0.2, 0.25) is 0 Å². The summed E-state index contributed by atoms with van der Waals surface area (Å²) in [5, 5.41) is 3.48. The molecule has 0 saturated carbocycles. The first-order chi connectivity index (χ1) is 5.86. The molecule has 0 aliphatic carbocycles. The molecule has 1 N–H and O–H groups in total. The summed E-state index contributed by atoms with van der Waals surface area (Å²) in [6.45, 7) is 5.46. The van der Waals surface area contributed by atoms with Crippen molar-refractivity contribution in [1.82, 2.24) is 5.32 Å². The van der Waals surface area contributed by atoms with Gasteiger partial charge in [-0.2, -0.15) is 0 Å². The van der Waals surface area contributed by atoms with Gasteiger partial charge in [-0.15, -0.1) is 0 Å². The molecular weight excluding hydrogens is 148 g/mol. The van der Waals surface area contributed by atoms with Crippen LogP contribution in [0.5, 0.6) is 0 Å². The monoisotopic (exact) mass is 168 g/mol. The Kier molecular flexibility index (Phi) is 4.12. The summed E-state index contributed by atoms with van der Waals surface area (Å²) < 4.78 is 0. The summed E-state index contributed by atoms with van der Waals surface area (Å²) in [4.78, 5) is 4.48. The smallest absolute Gasteiger partial charge is 0.0966 e. The van der Waals surface area contributed by atoms with Crippen LogP contribution < -0.4 is 5.32 Å². The van der Waals surface area contributed by atoms with Gasteiger partial charge in [-0.25, -0.2) is 0 Å². The zero-order chi connectivity index (χ0) is 8.81. The number of nitrogens with one attached hydrogen (secondary N) is 1. The molecule has 0 aromatic heterocycles. The minimum Gasteiger partial charge on any atom is -0.369 e. The fourth-order valence-electron chi connectivity index (χ4n) is 1.55. The third-order valence-corrected chi connectivity index (χ3v) is 2.28. The second kappa shape index (κ2) is 5.18. The Labute approximate surface area is 75.5 Å². The molecule has 0 aromatic rings. The van der Waals surface area contributed by atoms with Crippen molar-refractivity contribution < 1.29 is 0 Å². The Morgan fingerprint density at radius 2 is 2.25 bits per heavy atom. The number of nitrogens with zero attached hydrogens (tertiary/aromatic N) is 1. The molecule has 1 heterocycles. The quantitative estimate of drug-likeness (QED) is 0.669. The van der Waals surface area contributed by atoms with Crippen LogP contribution in [0.4, 0.5) is 0 Å². The maximum absolute atomic E-state index is 4.48. The minimum absolute atomic E-state index is 0.641. The van der Waals surface area contributed by atoms with Crippen molar-refractivity contribution in [3.05, 3.63) is 0 Å². The Morgan fingerprint density at radius 1 is 1.42 bits per heavy atom. The van der Waals surface area contributed by atoms with E-state index < -0.39 is 0 Å². The van der Waals surface area contributed by atoms with Gasteiger partial charge >= 0.3 is 0 Å². The first kappa shape index (κ1) is 9.56. The average Bonchev–Trinajstić information content (AvgIpc) is 2.50. The molecule has 0 spiro atoms.